The fraction of sp³-hybridized carbons (Fsp3) is 0.704. The molecule has 1 amide bonds. The van der Waals surface area contributed by atoms with Crippen molar-refractivity contribution in [3.05, 3.63) is 29.8 Å². The van der Waals surface area contributed by atoms with E-state index in [4.69, 9.17) is 14.2 Å². The largest absolute Gasteiger partial charge is 0.466 e. The number of carbonyl (C=O) groups is 2. The van der Waals surface area contributed by atoms with Gasteiger partial charge in [0.25, 0.3) is 0 Å². The zero-order valence-corrected chi connectivity index (χ0v) is 21.5. The summed E-state index contributed by atoms with van der Waals surface area (Å²) < 4.78 is 16.3. The number of unbranched alkanes of at least 4 members (excludes halogenated alkanes) is 9. The third-order valence-electron chi connectivity index (χ3n) is 5.27. The Morgan fingerprint density at radius 3 is 1.88 bits per heavy atom. The number of rotatable bonds is 16. The Morgan fingerprint density at radius 2 is 1.33 bits per heavy atom. The van der Waals surface area contributed by atoms with Crippen LogP contribution in [0.1, 0.15) is 97.5 Å². The first kappa shape index (κ1) is 29.0. The lowest BCUT2D eigenvalue weighted by Gasteiger charge is -2.26. The fourth-order valence-corrected chi connectivity index (χ4v) is 3.51. The average Bonchev–Trinajstić information content (AvgIpc) is 2.74. The van der Waals surface area contributed by atoms with Crippen LogP contribution in [0.5, 0.6) is 0 Å². The maximum atomic E-state index is 12.4. The Kier molecular flexibility index (Phi) is 14.5. The van der Waals surface area contributed by atoms with Crippen LogP contribution in [0.3, 0.4) is 0 Å². The number of amides is 1. The van der Waals surface area contributed by atoms with Crippen LogP contribution in [-0.2, 0) is 25.6 Å². The van der Waals surface area contributed by atoms with Gasteiger partial charge in [-0.25, -0.2) is 4.79 Å². The van der Waals surface area contributed by atoms with Crippen molar-refractivity contribution >= 4 is 17.7 Å². The highest BCUT2D eigenvalue weighted by molar-refractivity contribution is 5.88. The van der Waals surface area contributed by atoms with E-state index in [1.807, 2.05) is 45.0 Å². The molecule has 0 N–H and O–H groups in total. The van der Waals surface area contributed by atoms with Gasteiger partial charge in [0.15, 0.2) is 0 Å². The summed E-state index contributed by atoms with van der Waals surface area (Å²) in [5, 5.41) is 0. The van der Waals surface area contributed by atoms with Gasteiger partial charge in [-0.05, 0) is 39.7 Å². The maximum absolute atomic E-state index is 12.4. The third-order valence-corrected chi connectivity index (χ3v) is 5.27. The average molecular weight is 464 g/mol. The van der Waals surface area contributed by atoms with Gasteiger partial charge in [-0.3, -0.25) is 9.69 Å². The minimum Gasteiger partial charge on any atom is -0.466 e. The molecule has 1 aromatic carbocycles. The number of nitrogens with zero attached hydrogens (tertiary/aromatic N) is 1. The zero-order chi connectivity index (χ0) is 24.5. The predicted octanol–water partition coefficient (Wildman–Crippen LogP) is 7.04. The van der Waals surface area contributed by atoms with E-state index in [1.165, 1.54) is 51.9 Å². The number of ether oxygens (including phenoxy) is 3. The lowest BCUT2D eigenvalue weighted by atomic mass is 10.1. The molecule has 1 aromatic rings. The highest BCUT2D eigenvalue weighted by Gasteiger charge is 2.21. The second kappa shape index (κ2) is 16.5. The van der Waals surface area contributed by atoms with Crippen molar-refractivity contribution in [3.63, 3.8) is 0 Å². The van der Waals surface area contributed by atoms with Gasteiger partial charge in [0.1, 0.15) is 5.60 Å². The van der Waals surface area contributed by atoms with E-state index < -0.39 is 5.60 Å². The van der Waals surface area contributed by atoms with Gasteiger partial charge >= 0.3 is 12.1 Å². The van der Waals surface area contributed by atoms with E-state index in [9.17, 15) is 9.59 Å². The number of hydrogen-bond acceptors (Lipinski definition) is 5. The van der Waals surface area contributed by atoms with Gasteiger partial charge in [0.05, 0.1) is 18.9 Å². The van der Waals surface area contributed by atoms with E-state index in [2.05, 4.69) is 0 Å². The van der Waals surface area contributed by atoms with Crippen LogP contribution in [-0.4, -0.2) is 37.9 Å². The topological polar surface area (TPSA) is 65.1 Å². The normalized spacial score (nSPS) is 11.3. The molecule has 0 aliphatic heterocycles. The molecule has 0 aliphatic carbocycles. The molecule has 0 saturated carbocycles. The van der Waals surface area contributed by atoms with Gasteiger partial charge in [-0.2, -0.15) is 0 Å². The Bertz CT molecular complexity index is 683. The van der Waals surface area contributed by atoms with Crippen LogP contribution < -0.4 is 4.90 Å². The van der Waals surface area contributed by atoms with E-state index in [0.717, 1.165) is 37.1 Å². The van der Waals surface area contributed by atoms with E-state index in [1.54, 1.807) is 11.9 Å². The number of anilines is 1. The minimum atomic E-state index is -0.525. The Hall–Kier alpha value is -2.08. The molecule has 188 valence electrons. The molecule has 6 heteroatoms. The lowest BCUT2D eigenvalue weighted by Crippen LogP contribution is -2.34. The molecule has 33 heavy (non-hydrogen) atoms. The van der Waals surface area contributed by atoms with Crippen LogP contribution in [0.25, 0.3) is 0 Å². The highest BCUT2D eigenvalue weighted by atomic mass is 16.6. The molecule has 0 spiro atoms. The van der Waals surface area contributed by atoms with Crippen LogP contribution in [0.4, 0.5) is 10.5 Å². The number of benzene rings is 1. The van der Waals surface area contributed by atoms with Gasteiger partial charge < -0.3 is 14.2 Å². The summed E-state index contributed by atoms with van der Waals surface area (Å²) in [7, 11) is 1.73. The predicted molar refractivity (Wildman–Crippen MR) is 134 cm³/mol. The highest BCUT2D eigenvalue weighted by Crippen LogP contribution is 2.22. The molecule has 0 radical (unpaired) electrons. The molecule has 1 rings (SSSR count). The van der Waals surface area contributed by atoms with Crippen LogP contribution in [0.15, 0.2) is 24.3 Å². The van der Waals surface area contributed by atoms with E-state index in [0.29, 0.717) is 13.2 Å². The second-order valence-corrected chi connectivity index (χ2v) is 9.60. The van der Waals surface area contributed by atoms with Crippen LogP contribution in [0, 0.1) is 0 Å². The molecule has 0 aromatic heterocycles. The summed E-state index contributed by atoms with van der Waals surface area (Å²) in [6.45, 7) is 8.83. The Morgan fingerprint density at radius 1 is 0.818 bits per heavy atom. The molecule has 0 unspecified atom stereocenters. The van der Waals surface area contributed by atoms with Gasteiger partial charge in [0, 0.05) is 26.1 Å². The Balaban J connectivity index is 2.10. The van der Waals surface area contributed by atoms with Crippen molar-refractivity contribution in [2.75, 3.05) is 25.2 Å². The summed E-state index contributed by atoms with van der Waals surface area (Å²) in [5.41, 5.74) is 1.28. The van der Waals surface area contributed by atoms with Crippen molar-refractivity contribution in [1.29, 1.82) is 0 Å². The summed E-state index contributed by atoms with van der Waals surface area (Å²) in [6.07, 6.45) is 11.6. The number of para-hydroxylation sites is 1. The molecule has 6 nitrogen and oxygen atoms in total. The second-order valence-electron chi connectivity index (χ2n) is 9.60. The summed E-state index contributed by atoms with van der Waals surface area (Å²) in [6, 6.07) is 7.79. The molecule has 0 fully saturated rings. The zero-order valence-electron chi connectivity index (χ0n) is 21.5. The van der Waals surface area contributed by atoms with Crippen LogP contribution in [0.2, 0.25) is 0 Å². The summed E-state index contributed by atoms with van der Waals surface area (Å²) >= 11 is 0. The monoisotopic (exact) mass is 463 g/mol. The van der Waals surface area contributed by atoms with E-state index >= 15 is 0 Å². The maximum Gasteiger partial charge on any atom is 0.414 e. The summed E-state index contributed by atoms with van der Waals surface area (Å²) in [5.74, 6) is -0.184. The summed E-state index contributed by atoms with van der Waals surface area (Å²) in [4.78, 5) is 24.6. The smallest absolute Gasteiger partial charge is 0.414 e. The number of esters is 1. The quantitative estimate of drug-likeness (QED) is 0.194. The van der Waals surface area contributed by atoms with Crippen molar-refractivity contribution in [2.24, 2.45) is 0 Å². The first-order valence-corrected chi connectivity index (χ1v) is 12.5. The lowest BCUT2D eigenvalue weighted by molar-refractivity contribution is -0.141. The first-order chi connectivity index (χ1) is 15.7. The number of hydrogen-bond donors (Lipinski definition) is 0. The Labute approximate surface area is 201 Å². The van der Waals surface area contributed by atoms with Crippen molar-refractivity contribution in [2.45, 2.75) is 104 Å². The minimum absolute atomic E-state index is 0.184. The van der Waals surface area contributed by atoms with Crippen LogP contribution >= 0.6 is 0 Å². The van der Waals surface area contributed by atoms with Crippen molar-refractivity contribution < 1.29 is 23.8 Å². The van der Waals surface area contributed by atoms with Gasteiger partial charge in [-0.1, -0.05) is 69.6 Å². The molecule has 0 bridgehead atoms. The van der Waals surface area contributed by atoms with Crippen molar-refractivity contribution in [1.82, 2.24) is 0 Å². The standard InChI is InChI=1S/C27H45NO5/c1-23(29)32-21-17-13-11-9-7-6-8-10-12-16-20-31-22-24-18-14-15-19-25(24)28(5)26(30)33-27(2,3)4/h14-15,18-19H,6-13,16-17,20-22H2,1-5H3. The molecular formula is C27H45NO5. The molecule has 0 heterocycles. The third kappa shape index (κ3) is 14.6. The molecule has 0 aliphatic rings. The van der Waals surface area contributed by atoms with Crippen molar-refractivity contribution in [3.8, 4) is 0 Å². The SMILES string of the molecule is CC(=O)OCCCCCCCCCCCCOCc1ccccc1N(C)C(=O)OC(C)(C)C. The van der Waals surface area contributed by atoms with E-state index in [-0.39, 0.29) is 12.1 Å². The first-order valence-electron chi connectivity index (χ1n) is 12.5. The molecule has 0 saturated heterocycles. The molecule has 0 atom stereocenters. The van der Waals surface area contributed by atoms with Gasteiger partial charge in [0.2, 0.25) is 0 Å². The molecular weight excluding hydrogens is 418 g/mol. The fourth-order valence-electron chi connectivity index (χ4n) is 3.51. The number of carbonyl (C=O) groups excluding carboxylic acids is 2. The van der Waals surface area contributed by atoms with Gasteiger partial charge in [-0.15, -0.1) is 0 Å².